The SMILES string of the molecule is CCc1ccc(C(C)NC(=O)c2ccccc2SCc2ccccc2)cc1. The summed E-state index contributed by atoms with van der Waals surface area (Å²) in [7, 11) is 0. The minimum atomic E-state index is -0.0319. The summed E-state index contributed by atoms with van der Waals surface area (Å²) < 4.78 is 0. The third-order valence-corrected chi connectivity index (χ3v) is 5.75. The fraction of sp³-hybridized carbons (Fsp3) is 0.208. The number of aryl methyl sites for hydroxylation is 1. The Labute approximate surface area is 166 Å². The van der Waals surface area contributed by atoms with Gasteiger partial charge in [0, 0.05) is 10.6 Å². The number of hydrogen-bond acceptors (Lipinski definition) is 2. The van der Waals surface area contributed by atoms with Gasteiger partial charge in [0.15, 0.2) is 0 Å². The Morgan fingerprint density at radius 1 is 0.889 bits per heavy atom. The van der Waals surface area contributed by atoms with Crippen molar-refractivity contribution in [2.75, 3.05) is 0 Å². The first-order valence-corrected chi connectivity index (χ1v) is 10.3. The largest absolute Gasteiger partial charge is 0.345 e. The first-order valence-electron chi connectivity index (χ1n) is 9.33. The molecule has 1 N–H and O–H groups in total. The lowest BCUT2D eigenvalue weighted by Crippen LogP contribution is -2.27. The molecule has 0 saturated carbocycles. The highest BCUT2D eigenvalue weighted by Crippen LogP contribution is 2.27. The molecule has 3 rings (SSSR count). The Morgan fingerprint density at radius 3 is 2.26 bits per heavy atom. The van der Waals surface area contributed by atoms with E-state index >= 15 is 0 Å². The van der Waals surface area contributed by atoms with Crippen LogP contribution in [0.2, 0.25) is 0 Å². The average Bonchev–Trinajstić information content (AvgIpc) is 2.73. The van der Waals surface area contributed by atoms with Crippen molar-refractivity contribution in [3.63, 3.8) is 0 Å². The zero-order valence-electron chi connectivity index (χ0n) is 15.8. The fourth-order valence-electron chi connectivity index (χ4n) is 2.92. The van der Waals surface area contributed by atoms with Crippen molar-refractivity contribution in [2.45, 2.75) is 37.0 Å². The van der Waals surface area contributed by atoms with Gasteiger partial charge in [-0.25, -0.2) is 0 Å². The molecule has 1 atom stereocenters. The zero-order valence-corrected chi connectivity index (χ0v) is 16.6. The second-order valence-electron chi connectivity index (χ2n) is 6.56. The topological polar surface area (TPSA) is 29.1 Å². The highest BCUT2D eigenvalue weighted by molar-refractivity contribution is 7.98. The summed E-state index contributed by atoms with van der Waals surface area (Å²) in [4.78, 5) is 13.9. The molecule has 3 aromatic rings. The highest BCUT2D eigenvalue weighted by Gasteiger charge is 2.15. The Bertz CT molecular complexity index is 874. The summed E-state index contributed by atoms with van der Waals surface area (Å²) in [5.41, 5.74) is 4.41. The summed E-state index contributed by atoms with van der Waals surface area (Å²) in [6.07, 6.45) is 1.02. The Hall–Kier alpha value is -2.52. The van der Waals surface area contributed by atoms with Crippen LogP contribution in [-0.4, -0.2) is 5.91 Å². The van der Waals surface area contributed by atoms with Gasteiger partial charge >= 0.3 is 0 Å². The van der Waals surface area contributed by atoms with Gasteiger partial charge in [0.25, 0.3) is 5.91 Å². The number of carbonyl (C=O) groups excluding carboxylic acids is 1. The smallest absolute Gasteiger partial charge is 0.252 e. The average molecular weight is 376 g/mol. The van der Waals surface area contributed by atoms with Crippen LogP contribution >= 0.6 is 11.8 Å². The second kappa shape index (κ2) is 9.43. The number of benzene rings is 3. The van der Waals surface area contributed by atoms with Crippen molar-refractivity contribution in [1.29, 1.82) is 0 Å². The Kier molecular flexibility index (Phi) is 6.72. The van der Waals surface area contributed by atoms with Gasteiger partial charge in [0.2, 0.25) is 0 Å². The van der Waals surface area contributed by atoms with Crippen LogP contribution in [0.25, 0.3) is 0 Å². The molecular formula is C24H25NOS. The molecule has 0 spiro atoms. The van der Waals surface area contributed by atoms with Gasteiger partial charge in [-0.1, -0.05) is 73.7 Å². The zero-order chi connectivity index (χ0) is 19.1. The lowest BCUT2D eigenvalue weighted by atomic mass is 10.0. The Balaban J connectivity index is 1.68. The predicted molar refractivity (Wildman–Crippen MR) is 114 cm³/mol. The van der Waals surface area contributed by atoms with Crippen LogP contribution in [0.5, 0.6) is 0 Å². The van der Waals surface area contributed by atoms with E-state index in [2.05, 4.69) is 48.6 Å². The van der Waals surface area contributed by atoms with Gasteiger partial charge in [-0.05, 0) is 42.2 Å². The summed E-state index contributed by atoms with van der Waals surface area (Å²) in [5, 5.41) is 3.14. The van der Waals surface area contributed by atoms with Gasteiger partial charge in [0.1, 0.15) is 0 Å². The predicted octanol–water partition coefficient (Wildman–Crippen LogP) is 6.03. The van der Waals surface area contributed by atoms with Crippen molar-refractivity contribution in [1.82, 2.24) is 5.32 Å². The third kappa shape index (κ3) is 5.24. The van der Waals surface area contributed by atoms with E-state index in [4.69, 9.17) is 0 Å². The van der Waals surface area contributed by atoms with Gasteiger partial charge in [0.05, 0.1) is 11.6 Å². The van der Waals surface area contributed by atoms with Crippen LogP contribution in [-0.2, 0) is 12.2 Å². The van der Waals surface area contributed by atoms with E-state index in [1.54, 1.807) is 11.8 Å². The lowest BCUT2D eigenvalue weighted by molar-refractivity contribution is 0.0937. The number of carbonyl (C=O) groups is 1. The number of rotatable bonds is 7. The van der Waals surface area contributed by atoms with Crippen molar-refractivity contribution < 1.29 is 4.79 Å². The summed E-state index contributed by atoms with van der Waals surface area (Å²) >= 11 is 1.70. The minimum absolute atomic E-state index is 0.0294. The molecule has 0 bridgehead atoms. The van der Waals surface area contributed by atoms with Crippen molar-refractivity contribution >= 4 is 17.7 Å². The molecule has 3 heteroatoms. The van der Waals surface area contributed by atoms with Crippen LogP contribution in [0, 0.1) is 0 Å². The molecule has 2 nitrogen and oxygen atoms in total. The highest BCUT2D eigenvalue weighted by atomic mass is 32.2. The summed E-state index contributed by atoms with van der Waals surface area (Å²) in [5.74, 6) is 0.817. The number of nitrogens with one attached hydrogen (secondary N) is 1. The molecule has 0 radical (unpaired) electrons. The fourth-order valence-corrected chi connectivity index (χ4v) is 3.92. The van der Waals surface area contributed by atoms with Gasteiger partial charge in [-0.2, -0.15) is 0 Å². The van der Waals surface area contributed by atoms with Crippen molar-refractivity contribution in [3.8, 4) is 0 Å². The third-order valence-electron chi connectivity index (χ3n) is 4.60. The number of thioether (sulfide) groups is 1. The van der Waals surface area contributed by atoms with Crippen LogP contribution < -0.4 is 5.32 Å². The molecule has 0 fully saturated rings. The maximum Gasteiger partial charge on any atom is 0.252 e. The van der Waals surface area contributed by atoms with E-state index in [0.29, 0.717) is 0 Å². The quantitative estimate of drug-likeness (QED) is 0.511. The van der Waals surface area contributed by atoms with Gasteiger partial charge in [-0.15, -0.1) is 11.8 Å². The second-order valence-corrected chi connectivity index (χ2v) is 7.58. The number of amides is 1. The molecule has 0 saturated heterocycles. The van der Waals surface area contributed by atoms with Crippen molar-refractivity contribution in [2.24, 2.45) is 0 Å². The molecule has 1 amide bonds. The standard InChI is InChI=1S/C24H25NOS/c1-3-19-13-15-21(16-14-19)18(2)25-24(26)22-11-7-8-12-23(22)27-17-20-9-5-4-6-10-20/h4-16,18H,3,17H2,1-2H3,(H,25,26). The molecule has 138 valence electrons. The number of hydrogen-bond donors (Lipinski definition) is 1. The summed E-state index contributed by atoms with van der Waals surface area (Å²) in [6, 6.07) is 26.6. The molecule has 0 heterocycles. The maximum absolute atomic E-state index is 12.9. The van der Waals surface area contributed by atoms with Crippen molar-refractivity contribution in [3.05, 3.63) is 101 Å². The van der Waals surface area contributed by atoms with E-state index in [9.17, 15) is 4.79 Å². The first-order chi connectivity index (χ1) is 13.2. The molecule has 0 aliphatic heterocycles. The molecule has 3 aromatic carbocycles. The van der Waals surface area contributed by atoms with E-state index in [-0.39, 0.29) is 11.9 Å². The van der Waals surface area contributed by atoms with E-state index in [1.165, 1.54) is 11.1 Å². The van der Waals surface area contributed by atoms with Crippen LogP contribution in [0.4, 0.5) is 0 Å². The molecule has 0 aliphatic carbocycles. The minimum Gasteiger partial charge on any atom is -0.345 e. The van der Waals surface area contributed by atoms with E-state index in [0.717, 1.165) is 28.2 Å². The maximum atomic E-state index is 12.9. The van der Waals surface area contributed by atoms with E-state index < -0.39 is 0 Å². The molecule has 1 unspecified atom stereocenters. The van der Waals surface area contributed by atoms with Gasteiger partial charge < -0.3 is 5.32 Å². The van der Waals surface area contributed by atoms with Crippen LogP contribution in [0.15, 0.2) is 83.8 Å². The van der Waals surface area contributed by atoms with Gasteiger partial charge in [-0.3, -0.25) is 4.79 Å². The summed E-state index contributed by atoms with van der Waals surface area (Å²) in [6.45, 7) is 4.17. The Morgan fingerprint density at radius 2 is 1.56 bits per heavy atom. The van der Waals surface area contributed by atoms with Crippen LogP contribution in [0.3, 0.4) is 0 Å². The normalized spacial score (nSPS) is 11.8. The molecule has 0 aromatic heterocycles. The van der Waals surface area contributed by atoms with Crippen LogP contribution in [0.1, 0.15) is 46.9 Å². The molecule has 0 aliphatic rings. The first kappa shape index (κ1) is 19.2. The van der Waals surface area contributed by atoms with E-state index in [1.807, 2.05) is 49.4 Å². The monoisotopic (exact) mass is 375 g/mol. The molecular weight excluding hydrogens is 350 g/mol. The lowest BCUT2D eigenvalue weighted by Gasteiger charge is -2.16. The molecule has 27 heavy (non-hydrogen) atoms.